The molecule has 1 aromatic heterocycles. The zero-order valence-electron chi connectivity index (χ0n) is 9.08. The molecule has 0 bridgehead atoms. The predicted molar refractivity (Wildman–Crippen MR) is 64.9 cm³/mol. The molecule has 1 aromatic carbocycles. The van der Waals surface area contributed by atoms with E-state index in [1.807, 2.05) is 0 Å². The van der Waals surface area contributed by atoms with Crippen LogP contribution in [-0.2, 0) is 4.57 Å². The lowest BCUT2D eigenvalue weighted by Gasteiger charge is -2.08. The fraction of sp³-hybridized carbons (Fsp3) is 0.100. The molecule has 0 aliphatic carbocycles. The van der Waals surface area contributed by atoms with Crippen molar-refractivity contribution in [2.75, 3.05) is 0 Å². The van der Waals surface area contributed by atoms with Gasteiger partial charge in [-0.1, -0.05) is 11.6 Å². The molecule has 0 aliphatic rings. The number of fused-ring (bicyclic) bond motifs is 1. The van der Waals surface area contributed by atoms with Crippen molar-refractivity contribution in [3.8, 4) is 5.75 Å². The molecule has 96 valence electrons. The highest BCUT2D eigenvalue weighted by Gasteiger charge is 2.17. The summed E-state index contributed by atoms with van der Waals surface area (Å²) in [5, 5.41) is 0.545. The molecular formula is C10H8ClO6P. The van der Waals surface area contributed by atoms with Crippen molar-refractivity contribution < 1.29 is 23.3 Å². The van der Waals surface area contributed by atoms with E-state index in [1.54, 1.807) is 6.92 Å². The Morgan fingerprint density at radius 1 is 1.39 bits per heavy atom. The zero-order valence-corrected chi connectivity index (χ0v) is 10.7. The lowest BCUT2D eigenvalue weighted by molar-refractivity contribution is 0.283. The van der Waals surface area contributed by atoms with Crippen LogP contribution in [0.5, 0.6) is 5.75 Å². The van der Waals surface area contributed by atoms with Gasteiger partial charge in [0.1, 0.15) is 16.4 Å². The van der Waals surface area contributed by atoms with Crippen molar-refractivity contribution in [2.24, 2.45) is 0 Å². The minimum Gasteiger partial charge on any atom is -0.421 e. The summed E-state index contributed by atoms with van der Waals surface area (Å²) < 4.78 is 20.0. The highest BCUT2D eigenvalue weighted by Crippen LogP contribution is 2.38. The smallest absolute Gasteiger partial charge is 0.421 e. The fourth-order valence-corrected chi connectivity index (χ4v) is 2.04. The van der Waals surface area contributed by atoms with Crippen LogP contribution in [-0.4, -0.2) is 9.79 Å². The van der Waals surface area contributed by atoms with E-state index in [9.17, 15) is 9.36 Å². The maximum atomic E-state index is 11.4. The van der Waals surface area contributed by atoms with Crippen LogP contribution < -0.4 is 10.1 Å². The van der Waals surface area contributed by atoms with Crippen LogP contribution in [0, 0.1) is 6.92 Å². The van der Waals surface area contributed by atoms with Gasteiger partial charge in [-0.25, -0.2) is 9.36 Å². The van der Waals surface area contributed by atoms with Crippen LogP contribution in [0.25, 0.3) is 11.0 Å². The summed E-state index contributed by atoms with van der Waals surface area (Å²) in [6, 6.07) is 4.08. The van der Waals surface area contributed by atoms with Gasteiger partial charge in [0.2, 0.25) is 0 Å². The van der Waals surface area contributed by atoms with Crippen molar-refractivity contribution in [2.45, 2.75) is 6.92 Å². The molecule has 8 heteroatoms. The summed E-state index contributed by atoms with van der Waals surface area (Å²) in [7, 11) is -4.64. The van der Waals surface area contributed by atoms with Gasteiger partial charge in [-0.3, -0.25) is 9.79 Å². The standard InChI is InChI=1S/C10H8ClO6P/c1-5-7-3-2-6(17-18(13,14)15)4-8(7)16-10(12)9(5)11/h2-4H,1H3,(H2,13,14,15). The Bertz CT molecular complexity index is 716. The summed E-state index contributed by atoms with van der Waals surface area (Å²) >= 11 is 5.74. The first kappa shape index (κ1) is 13.1. The van der Waals surface area contributed by atoms with Gasteiger partial charge in [-0.15, -0.1) is 0 Å². The van der Waals surface area contributed by atoms with Crippen molar-refractivity contribution in [1.29, 1.82) is 0 Å². The maximum absolute atomic E-state index is 11.4. The molecule has 0 saturated carbocycles. The summed E-state index contributed by atoms with van der Waals surface area (Å²) in [5.41, 5.74) is -0.0338. The van der Waals surface area contributed by atoms with Gasteiger partial charge in [-0.2, -0.15) is 0 Å². The molecule has 0 radical (unpaired) electrons. The second-order valence-corrected chi connectivity index (χ2v) is 5.11. The first-order valence-electron chi connectivity index (χ1n) is 4.76. The van der Waals surface area contributed by atoms with E-state index in [0.29, 0.717) is 10.9 Å². The first-order valence-corrected chi connectivity index (χ1v) is 6.67. The largest absolute Gasteiger partial charge is 0.524 e. The normalized spacial score (nSPS) is 11.8. The Hall–Kier alpha value is -1.33. The molecule has 0 atom stereocenters. The van der Waals surface area contributed by atoms with E-state index >= 15 is 0 Å². The Morgan fingerprint density at radius 2 is 2.06 bits per heavy atom. The first-order chi connectivity index (χ1) is 8.28. The predicted octanol–water partition coefficient (Wildman–Crippen LogP) is 2.23. The summed E-state index contributed by atoms with van der Waals surface area (Å²) in [4.78, 5) is 28.7. The monoisotopic (exact) mass is 290 g/mol. The average Bonchev–Trinajstić information content (AvgIpc) is 2.23. The maximum Gasteiger partial charge on any atom is 0.524 e. The van der Waals surface area contributed by atoms with Gasteiger partial charge in [0.05, 0.1) is 0 Å². The summed E-state index contributed by atoms with van der Waals surface area (Å²) in [5.74, 6) is -0.0966. The van der Waals surface area contributed by atoms with Gasteiger partial charge < -0.3 is 8.94 Å². The zero-order chi connectivity index (χ0) is 13.5. The second-order valence-electron chi connectivity index (χ2n) is 3.57. The minimum absolute atomic E-state index is 0.0221. The number of hydrogen-bond acceptors (Lipinski definition) is 4. The molecule has 1 heterocycles. The molecule has 0 unspecified atom stereocenters. The number of benzene rings is 1. The molecule has 0 saturated heterocycles. The van der Waals surface area contributed by atoms with E-state index in [1.165, 1.54) is 18.2 Å². The molecule has 0 amide bonds. The van der Waals surface area contributed by atoms with Gasteiger partial charge in [0, 0.05) is 11.5 Å². The SMILES string of the molecule is Cc1c(Cl)c(=O)oc2cc(OP(=O)(O)O)ccc12. The number of rotatable bonds is 2. The Balaban J connectivity index is 2.63. The third-order valence-electron chi connectivity index (χ3n) is 2.29. The van der Waals surface area contributed by atoms with E-state index in [-0.39, 0.29) is 16.4 Å². The molecule has 6 nitrogen and oxygen atoms in total. The lowest BCUT2D eigenvalue weighted by atomic mass is 10.1. The second kappa shape index (κ2) is 4.40. The van der Waals surface area contributed by atoms with Crippen molar-refractivity contribution >= 4 is 30.4 Å². The molecule has 2 N–H and O–H groups in total. The summed E-state index contributed by atoms with van der Waals surface area (Å²) in [6.07, 6.45) is 0. The molecule has 2 aromatic rings. The van der Waals surface area contributed by atoms with E-state index in [4.69, 9.17) is 25.8 Å². The van der Waals surface area contributed by atoms with Crippen LogP contribution in [0.15, 0.2) is 27.4 Å². The lowest BCUT2D eigenvalue weighted by Crippen LogP contribution is -2.01. The van der Waals surface area contributed by atoms with Crippen LogP contribution in [0.1, 0.15) is 5.56 Å². The third-order valence-corrected chi connectivity index (χ3v) is 3.18. The molecular weight excluding hydrogens is 283 g/mol. The summed E-state index contributed by atoms with van der Waals surface area (Å²) in [6.45, 7) is 1.64. The molecule has 0 aliphatic heterocycles. The van der Waals surface area contributed by atoms with Crippen LogP contribution in [0.2, 0.25) is 5.02 Å². The quantitative estimate of drug-likeness (QED) is 0.650. The van der Waals surface area contributed by atoms with Gasteiger partial charge in [0.15, 0.2) is 0 Å². The topological polar surface area (TPSA) is 97.0 Å². The molecule has 2 rings (SSSR count). The minimum atomic E-state index is -4.64. The van der Waals surface area contributed by atoms with Gasteiger partial charge in [0.25, 0.3) is 0 Å². The van der Waals surface area contributed by atoms with Crippen LogP contribution >= 0.6 is 19.4 Å². The highest BCUT2D eigenvalue weighted by atomic mass is 35.5. The van der Waals surface area contributed by atoms with Gasteiger partial charge >= 0.3 is 13.4 Å². The molecule has 0 spiro atoms. The Morgan fingerprint density at radius 3 is 2.67 bits per heavy atom. The van der Waals surface area contributed by atoms with Crippen molar-refractivity contribution in [3.63, 3.8) is 0 Å². The van der Waals surface area contributed by atoms with E-state index < -0.39 is 13.4 Å². The number of phosphoric ester groups is 1. The number of phosphoric acid groups is 1. The van der Waals surface area contributed by atoms with Gasteiger partial charge in [-0.05, 0) is 24.6 Å². The average molecular weight is 291 g/mol. The molecule has 18 heavy (non-hydrogen) atoms. The van der Waals surface area contributed by atoms with E-state index in [0.717, 1.165) is 0 Å². The Labute approximate surface area is 106 Å². The highest BCUT2D eigenvalue weighted by molar-refractivity contribution is 7.46. The number of hydrogen-bond donors (Lipinski definition) is 2. The van der Waals surface area contributed by atoms with Crippen molar-refractivity contribution in [3.05, 3.63) is 39.2 Å². The third kappa shape index (κ3) is 2.57. The van der Waals surface area contributed by atoms with Crippen LogP contribution in [0.4, 0.5) is 0 Å². The van der Waals surface area contributed by atoms with Crippen LogP contribution in [0.3, 0.4) is 0 Å². The molecule has 0 fully saturated rings. The van der Waals surface area contributed by atoms with Crippen molar-refractivity contribution in [1.82, 2.24) is 0 Å². The Kier molecular flexibility index (Phi) is 3.21. The number of aryl methyl sites for hydroxylation is 1. The number of halogens is 1. The van der Waals surface area contributed by atoms with E-state index in [2.05, 4.69) is 4.52 Å². The fourth-order valence-electron chi connectivity index (χ4n) is 1.51.